The van der Waals surface area contributed by atoms with Gasteiger partial charge in [0, 0.05) is 22.8 Å². The summed E-state index contributed by atoms with van der Waals surface area (Å²) in [5.74, 6) is -2.95. The molecule has 0 radical (unpaired) electrons. The highest BCUT2D eigenvalue weighted by molar-refractivity contribution is 8.13. The van der Waals surface area contributed by atoms with Gasteiger partial charge in [0.1, 0.15) is 23.3 Å². The largest absolute Gasteiger partial charge is 0.507 e. The normalized spacial score (nSPS) is 34.0. The number of alkyl halides is 2. The summed E-state index contributed by atoms with van der Waals surface area (Å²) < 4.78 is 43.0. The number of primary amides is 1. The molecule has 7 atom stereocenters. The van der Waals surface area contributed by atoms with Gasteiger partial charge in [-0.15, -0.1) is 0 Å². The molecule has 0 aromatic heterocycles. The molecule has 0 bridgehead atoms. The van der Waals surface area contributed by atoms with E-state index < -0.39 is 63.0 Å². The number of hydrogen-bond donors (Lipinski definition) is 3. The fourth-order valence-corrected chi connectivity index (χ4v) is 9.41. The summed E-state index contributed by atoms with van der Waals surface area (Å²) in [5, 5.41) is 21.0. The fraction of sp³-hybridized carbons (Fsp3) is 0.429. The molecule has 47 heavy (non-hydrogen) atoms. The van der Waals surface area contributed by atoms with Gasteiger partial charge in [-0.3, -0.25) is 14.4 Å². The van der Waals surface area contributed by atoms with Crippen molar-refractivity contribution in [3.05, 3.63) is 77.4 Å². The van der Waals surface area contributed by atoms with Crippen molar-refractivity contribution in [3.8, 4) is 17.2 Å². The van der Waals surface area contributed by atoms with Gasteiger partial charge in [0.05, 0.1) is 17.2 Å². The molecule has 3 unspecified atom stereocenters. The first-order valence-electron chi connectivity index (χ1n) is 15.4. The maximum Gasteiger partial charge on any atom is 0.339 e. The summed E-state index contributed by atoms with van der Waals surface area (Å²) in [6, 6.07) is 8.69. The number of ketones is 1. The second kappa shape index (κ2) is 11.6. The van der Waals surface area contributed by atoms with Gasteiger partial charge in [-0.25, -0.2) is 13.6 Å². The van der Waals surface area contributed by atoms with Gasteiger partial charge in [0.15, 0.2) is 17.1 Å². The zero-order valence-electron chi connectivity index (χ0n) is 25.8. The molecule has 12 heteroatoms. The van der Waals surface area contributed by atoms with Crippen molar-refractivity contribution in [2.45, 2.75) is 63.3 Å². The number of aliphatic hydroxyl groups is 1. The molecule has 248 valence electrons. The predicted molar refractivity (Wildman–Crippen MR) is 168 cm³/mol. The van der Waals surface area contributed by atoms with Crippen LogP contribution in [0.5, 0.6) is 17.2 Å². The van der Waals surface area contributed by atoms with E-state index in [1.807, 2.05) is 0 Å². The molecule has 3 fully saturated rings. The van der Waals surface area contributed by atoms with Crippen molar-refractivity contribution in [1.29, 1.82) is 0 Å². The Morgan fingerprint density at radius 2 is 1.77 bits per heavy atom. The molecule has 0 heterocycles. The van der Waals surface area contributed by atoms with Gasteiger partial charge < -0.3 is 25.4 Å². The first-order chi connectivity index (χ1) is 22.2. The van der Waals surface area contributed by atoms with Crippen LogP contribution in [0.4, 0.5) is 8.78 Å². The quantitative estimate of drug-likeness (QED) is 0.314. The van der Waals surface area contributed by atoms with Crippen LogP contribution in [0, 0.1) is 22.7 Å². The Balaban J connectivity index is 1.28. The van der Waals surface area contributed by atoms with E-state index in [2.05, 4.69) is 0 Å². The SMILES string of the molecule is C[C@]12C=CC(=O)C=C1CCC1C3CC[C@](OC(=O)c4ccc(Oc5ccc(C(N)=O)c(O)c5)cc4)(C(=O)SCF)[C@@]3(C)C[C@H](O)C12F. The first kappa shape index (κ1) is 32.9. The molecular weight excluding hydrogens is 632 g/mol. The number of carbonyl (C=O) groups excluding carboxylic acids is 4. The van der Waals surface area contributed by atoms with E-state index in [1.54, 1.807) is 19.9 Å². The Bertz CT molecular complexity index is 1730. The molecule has 3 saturated carbocycles. The van der Waals surface area contributed by atoms with Crippen molar-refractivity contribution in [1.82, 2.24) is 0 Å². The topological polar surface area (TPSA) is 153 Å². The van der Waals surface area contributed by atoms with E-state index in [0.717, 1.165) is 0 Å². The number of nitrogens with two attached hydrogens (primary N) is 1. The zero-order valence-corrected chi connectivity index (χ0v) is 26.7. The van der Waals surface area contributed by atoms with Crippen LogP contribution in [-0.4, -0.2) is 56.4 Å². The molecule has 9 nitrogen and oxygen atoms in total. The van der Waals surface area contributed by atoms with Gasteiger partial charge in [-0.05, 0) is 105 Å². The van der Waals surface area contributed by atoms with E-state index in [1.165, 1.54) is 54.6 Å². The Hall–Kier alpha value is -4.03. The Kier molecular flexibility index (Phi) is 8.11. The molecular formula is C35H35F2NO8S. The lowest BCUT2D eigenvalue weighted by atomic mass is 9.45. The Labute approximate surface area is 274 Å². The van der Waals surface area contributed by atoms with Crippen molar-refractivity contribution in [2.24, 2.45) is 28.4 Å². The summed E-state index contributed by atoms with van der Waals surface area (Å²) in [7, 11) is 0. The van der Waals surface area contributed by atoms with E-state index >= 15 is 4.39 Å². The van der Waals surface area contributed by atoms with Crippen molar-refractivity contribution in [3.63, 3.8) is 0 Å². The number of allylic oxidation sites excluding steroid dienone is 4. The van der Waals surface area contributed by atoms with Crippen LogP contribution in [0.3, 0.4) is 0 Å². The number of halogens is 2. The number of rotatable bonds is 7. The van der Waals surface area contributed by atoms with Crippen LogP contribution < -0.4 is 10.5 Å². The van der Waals surface area contributed by atoms with E-state index in [4.69, 9.17) is 15.2 Å². The summed E-state index contributed by atoms with van der Waals surface area (Å²) in [5.41, 5.74) is -0.573. The minimum Gasteiger partial charge on any atom is -0.507 e. The molecule has 6 rings (SSSR count). The van der Waals surface area contributed by atoms with Crippen LogP contribution >= 0.6 is 11.8 Å². The molecule has 4 aliphatic rings. The molecule has 4 aliphatic carbocycles. The minimum atomic E-state index is -2.14. The summed E-state index contributed by atoms with van der Waals surface area (Å²) in [6.07, 6.45) is 3.66. The highest BCUT2D eigenvalue weighted by Gasteiger charge is 2.75. The number of aromatic hydroxyl groups is 1. The average molecular weight is 668 g/mol. The van der Waals surface area contributed by atoms with E-state index in [0.29, 0.717) is 36.6 Å². The van der Waals surface area contributed by atoms with Crippen LogP contribution in [-0.2, 0) is 14.3 Å². The number of esters is 1. The number of carbonyl (C=O) groups is 4. The number of benzene rings is 2. The van der Waals surface area contributed by atoms with Gasteiger partial charge in [0.25, 0.3) is 5.91 Å². The minimum absolute atomic E-state index is 0.0325. The highest BCUT2D eigenvalue weighted by Crippen LogP contribution is 2.70. The highest BCUT2D eigenvalue weighted by atomic mass is 32.2. The lowest BCUT2D eigenvalue weighted by Gasteiger charge is -2.62. The third-order valence-electron chi connectivity index (χ3n) is 11.1. The number of phenols is 1. The Morgan fingerprint density at radius 3 is 2.43 bits per heavy atom. The van der Waals surface area contributed by atoms with Gasteiger partial charge in [-0.1, -0.05) is 18.6 Å². The molecule has 0 spiro atoms. The zero-order chi connectivity index (χ0) is 33.9. The number of hydrogen-bond acceptors (Lipinski definition) is 9. The van der Waals surface area contributed by atoms with Crippen LogP contribution in [0.1, 0.15) is 66.7 Å². The van der Waals surface area contributed by atoms with Gasteiger partial charge in [0.2, 0.25) is 5.12 Å². The molecule has 1 amide bonds. The summed E-state index contributed by atoms with van der Waals surface area (Å²) >= 11 is 0.388. The summed E-state index contributed by atoms with van der Waals surface area (Å²) in [6.45, 7) is 3.42. The van der Waals surface area contributed by atoms with E-state index in [9.17, 15) is 33.8 Å². The van der Waals surface area contributed by atoms with E-state index in [-0.39, 0.29) is 47.0 Å². The van der Waals surface area contributed by atoms with Crippen molar-refractivity contribution < 1.29 is 47.6 Å². The number of ether oxygens (including phenoxy) is 2. The molecule has 2 aromatic rings. The number of amides is 1. The maximum atomic E-state index is 17.5. The third kappa shape index (κ3) is 4.90. The lowest BCUT2D eigenvalue weighted by Crippen LogP contribution is -2.69. The number of thioether (sulfide) groups is 1. The third-order valence-corrected chi connectivity index (χ3v) is 11.8. The predicted octanol–water partition coefficient (Wildman–Crippen LogP) is 5.74. The van der Waals surface area contributed by atoms with Gasteiger partial charge in [-0.2, -0.15) is 0 Å². The lowest BCUT2D eigenvalue weighted by molar-refractivity contribution is -0.214. The average Bonchev–Trinajstić information content (AvgIpc) is 3.30. The van der Waals surface area contributed by atoms with Gasteiger partial charge >= 0.3 is 5.97 Å². The van der Waals surface area contributed by atoms with Crippen LogP contribution in [0.25, 0.3) is 0 Å². The molecule has 4 N–H and O–H groups in total. The monoisotopic (exact) mass is 667 g/mol. The fourth-order valence-electron chi connectivity index (χ4n) is 8.70. The van der Waals surface area contributed by atoms with Crippen LogP contribution in [0.15, 0.2) is 66.3 Å². The molecule has 0 aliphatic heterocycles. The second-order valence-electron chi connectivity index (χ2n) is 13.2. The summed E-state index contributed by atoms with van der Waals surface area (Å²) in [4.78, 5) is 50.9. The number of aliphatic hydroxyl groups excluding tert-OH is 1. The standard InChI is InChI=1S/C35H35F2NO8S/c1-32-13-11-21(39)15-20(32)5-10-26-25-12-14-34(31(44)47-18-36,33(25,2)17-28(41)35(26,32)37)46-30(43)19-3-6-22(7-4-19)45-23-8-9-24(29(38)42)27(40)16-23/h3-4,6-9,11,13,15-16,25-26,28,40-41H,5,10,12,14,17-18H2,1-2H3,(H2,38,42)/t25?,26?,28-,32-,33-,34-,35?/m0/s1. The van der Waals surface area contributed by atoms with Crippen molar-refractivity contribution in [2.75, 3.05) is 6.01 Å². The second-order valence-corrected chi connectivity index (χ2v) is 14.1. The van der Waals surface area contributed by atoms with Crippen LogP contribution in [0.2, 0.25) is 0 Å². The number of fused-ring (bicyclic) bond motifs is 5. The molecule has 0 saturated heterocycles. The Morgan fingerprint density at radius 1 is 1.06 bits per heavy atom. The first-order valence-corrected chi connectivity index (χ1v) is 16.4. The van der Waals surface area contributed by atoms with Crippen molar-refractivity contribution >= 4 is 34.5 Å². The molecule has 2 aromatic carbocycles. The smallest absolute Gasteiger partial charge is 0.339 e. The maximum absolute atomic E-state index is 17.5.